The number of ether oxygens (including phenoxy) is 3. The molecule has 0 aliphatic rings. The molecule has 0 aliphatic heterocycles. The minimum atomic E-state index is -1.13. The second-order valence-corrected chi connectivity index (χ2v) is 7.46. The summed E-state index contributed by atoms with van der Waals surface area (Å²) >= 11 is 0. The number of benzene rings is 3. The molecule has 0 unspecified atom stereocenters. The topological polar surface area (TPSA) is 87.9 Å². The zero-order valence-electron chi connectivity index (χ0n) is 19.0. The lowest BCUT2D eigenvalue weighted by Gasteiger charge is -2.15. The Morgan fingerprint density at radius 3 is 1.94 bits per heavy atom. The van der Waals surface area contributed by atoms with E-state index in [0.29, 0.717) is 11.6 Å². The number of carbonyl (C=O) groups excluding carboxylic acids is 2. The van der Waals surface area contributed by atoms with Gasteiger partial charge in [0, 0.05) is 5.56 Å². The first-order chi connectivity index (χ1) is 16.6. The van der Waals surface area contributed by atoms with E-state index in [9.17, 15) is 9.59 Å². The first-order valence-electron chi connectivity index (χ1n) is 11.1. The van der Waals surface area contributed by atoms with Crippen molar-refractivity contribution in [3.05, 3.63) is 72.8 Å². The fraction of sp³-hybridized carbons (Fsp3) is 0.222. The number of hydrogen-bond acceptors (Lipinski definition) is 7. The number of rotatable bonds is 9. The van der Waals surface area contributed by atoms with Gasteiger partial charge in [0.1, 0.15) is 17.9 Å². The number of hydrogen-bond donors (Lipinski definition) is 0. The molecule has 174 valence electrons. The van der Waals surface area contributed by atoms with Gasteiger partial charge < -0.3 is 18.6 Å². The van der Waals surface area contributed by atoms with Gasteiger partial charge in [-0.05, 0) is 61.4 Å². The molecular weight excluding hydrogens is 434 g/mol. The summed E-state index contributed by atoms with van der Waals surface area (Å²) in [5.74, 6) is -1.33. The van der Waals surface area contributed by atoms with Crippen molar-refractivity contribution in [3.63, 3.8) is 0 Å². The number of fused-ring (bicyclic) bond motifs is 1. The maximum Gasteiger partial charge on any atom is 0.323 e. The molecule has 34 heavy (non-hydrogen) atoms. The van der Waals surface area contributed by atoms with Crippen LogP contribution in [-0.2, 0) is 19.1 Å². The first kappa shape index (κ1) is 23.0. The summed E-state index contributed by atoms with van der Waals surface area (Å²) < 4.78 is 21.4. The van der Waals surface area contributed by atoms with Crippen LogP contribution in [0.3, 0.4) is 0 Å². The van der Waals surface area contributed by atoms with E-state index in [1.165, 1.54) is 0 Å². The summed E-state index contributed by atoms with van der Waals surface area (Å²) in [6.45, 7) is 3.55. The highest BCUT2D eigenvalue weighted by Gasteiger charge is 2.30. The Labute approximate surface area is 197 Å². The monoisotopic (exact) mass is 459 g/mol. The molecule has 4 rings (SSSR count). The van der Waals surface area contributed by atoms with Crippen LogP contribution in [0.25, 0.3) is 33.7 Å². The van der Waals surface area contributed by atoms with Gasteiger partial charge in [-0.25, -0.2) is 4.98 Å². The molecule has 0 aliphatic carbocycles. The number of carbonyl (C=O) groups is 2. The highest BCUT2D eigenvalue weighted by molar-refractivity contribution is 5.95. The highest BCUT2D eigenvalue weighted by Crippen LogP contribution is 2.28. The van der Waals surface area contributed by atoms with Crippen LogP contribution in [0.1, 0.15) is 13.8 Å². The first-order valence-corrected chi connectivity index (χ1v) is 11.1. The van der Waals surface area contributed by atoms with Gasteiger partial charge in [0.05, 0.1) is 13.2 Å². The van der Waals surface area contributed by atoms with Crippen molar-refractivity contribution >= 4 is 23.0 Å². The SMILES string of the molecule is CCOC(=O)C(COc1ccc(-c2ccc(-c3nc4ccccc4o3)cc2)cc1)C(=O)OCC. The summed E-state index contributed by atoms with van der Waals surface area (Å²) in [6.07, 6.45) is 0. The molecule has 0 radical (unpaired) electrons. The van der Waals surface area contributed by atoms with E-state index in [4.69, 9.17) is 18.6 Å². The normalized spacial score (nSPS) is 10.9. The highest BCUT2D eigenvalue weighted by atomic mass is 16.6. The van der Waals surface area contributed by atoms with Crippen molar-refractivity contribution in [1.82, 2.24) is 4.98 Å². The minimum Gasteiger partial charge on any atom is -0.492 e. The molecule has 0 spiro atoms. The molecule has 7 nitrogen and oxygen atoms in total. The molecule has 0 bridgehead atoms. The molecule has 0 saturated carbocycles. The lowest BCUT2D eigenvalue weighted by atomic mass is 10.0. The third kappa shape index (κ3) is 5.26. The molecule has 4 aromatic rings. The van der Waals surface area contributed by atoms with Crippen LogP contribution < -0.4 is 4.74 Å². The van der Waals surface area contributed by atoms with E-state index in [-0.39, 0.29) is 19.8 Å². The third-order valence-corrected chi connectivity index (χ3v) is 5.17. The zero-order valence-corrected chi connectivity index (χ0v) is 19.0. The Hall–Kier alpha value is -4.13. The Balaban J connectivity index is 1.42. The van der Waals surface area contributed by atoms with Gasteiger partial charge >= 0.3 is 11.9 Å². The number of nitrogens with zero attached hydrogens (tertiary/aromatic N) is 1. The molecule has 0 amide bonds. The molecule has 7 heteroatoms. The zero-order chi connectivity index (χ0) is 23.9. The van der Waals surface area contributed by atoms with Gasteiger partial charge in [-0.15, -0.1) is 0 Å². The van der Waals surface area contributed by atoms with E-state index in [1.54, 1.807) is 26.0 Å². The molecule has 0 saturated heterocycles. The number of oxazole rings is 1. The van der Waals surface area contributed by atoms with Gasteiger partial charge in [-0.3, -0.25) is 9.59 Å². The molecule has 0 N–H and O–H groups in total. The van der Waals surface area contributed by atoms with Crippen LogP contribution in [0.15, 0.2) is 77.2 Å². The molecule has 3 aromatic carbocycles. The second-order valence-electron chi connectivity index (χ2n) is 7.46. The van der Waals surface area contributed by atoms with Crippen molar-refractivity contribution in [3.8, 4) is 28.3 Å². The maximum absolute atomic E-state index is 12.1. The minimum absolute atomic E-state index is 0.157. The van der Waals surface area contributed by atoms with E-state index in [2.05, 4.69) is 4.98 Å². The third-order valence-electron chi connectivity index (χ3n) is 5.17. The summed E-state index contributed by atoms with van der Waals surface area (Å²) in [6, 6.07) is 23.0. The van der Waals surface area contributed by atoms with Crippen LogP contribution in [0.2, 0.25) is 0 Å². The average molecular weight is 459 g/mol. The second kappa shape index (κ2) is 10.7. The molecule has 0 atom stereocenters. The van der Waals surface area contributed by atoms with Crippen molar-refractivity contribution in [2.75, 3.05) is 19.8 Å². The van der Waals surface area contributed by atoms with Gasteiger partial charge in [-0.1, -0.05) is 36.4 Å². The average Bonchev–Trinajstić information content (AvgIpc) is 3.29. The van der Waals surface area contributed by atoms with E-state index in [0.717, 1.165) is 27.8 Å². The summed E-state index contributed by atoms with van der Waals surface area (Å²) in [5, 5.41) is 0. The molecule has 1 aromatic heterocycles. The maximum atomic E-state index is 12.1. The summed E-state index contributed by atoms with van der Waals surface area (Å²) in [5.41, 5.74) is 4.48. The van der Waals surface area contributed by atoms with Crippen LogP contribution in [0.4, 0.5) is 0 Å². The molecule has 1 heterocycles. The fourth-order valence-corrected chi connectivity index (χ4v) is 3.44. The van der Waals surface area contributed by atoms with Crippen LogP contribution in [0.5, 0.6) is 5.75 Å². The van der Waals surface area contributed by atoms with Crippen molar-refractivity contribution < 1.29 is 28.2 Å². The Bertz CT molecular complexity index is 1210. The largest absolute Gasteiger partial charge is 0.492 e. The van der Waals surface area contributed by atoms with Crippen LogP contribution >= 0.6 is 0 Å². The van der Waals surface area contributed by atoms with Crippen molar-refractivity contribution in [1.29, 1.82) is 0 Å². The van der Waals surface area contributed by atoms with Gasteiger partial charge in [-0.2, -0.15) is 0 Å². The van der Waals surface area contributed by atoms with E-state index in [1.807, 2.05) is 60.7 Å². The lowest BCUT2D eigenvalue weighted by molar-refractivity contribution is -0.162. The summed E-state index contributed by atoms with van der Waals surface area (Å²) in [4.78, 5) is 28.7. The number of para-hydroxylation sites is 2. The van der Waals surface area contributed by atoms with Crippen LogP contribution in [0, 0.1) is 5.92 Å². The molecule has 0 fully saturated rings. The Morgan fingerprint density at radius 2 is 1.35 bits per heavy atom. The lowest BCUT2D eigenvalue weighted by Crippen LogP contribution is -2.33. The quantitative estimate of drug-likeness (QED) is 0.248. The van der Waals surface area contributed by atoms with Gasteiger partial charge in [0.25, 0.3) is 0 Å². The fourth-order valence-electron chi connectivity index (χ4n) is 3.44. The standard InChI is InChI=1S/C27H25NO6/c1-3-31-26(29)22(27(30)32-4-2)17-33-21-15-13-19(14-16-21)18-9-11-20(12-10-18)25-28-23-7-5-6-8-24(23)34-25/h5-16,22H,3-4,17H2,1-2H3. The van der Waals surface area contributed by atoms with Gasteiger partial charge in [0.2, 0.25) is 5.89 Å². The Morgan fingerprint density at radius 1 is 0.794 bits per heavy atom. The Kier molecular flexibility index (Phi) is 7.22. The van der Waals surface area contributed by atoms with E-state index >= 15 is 0 Å². The predicted molar refractivity (Wildman–Crippen MR) is 127 cm³/mol. The smallest absolute Gasteiger partial charge is 0.323 e. The van der Waals surface area contributed by atoms with Gasteiger partial charge in [0.15, 0.2) is 11.5 Å². The number of esters is 2. The van der Waals surface area contributed by atoms with Crippen LogP contribution in [-0.4, -0.2) is 36.7 Å². The summed E-state index contributed by atoms with van der Waals surface area (Å²) in [7, 11) is 0. The van der Waals surface area contributed by atoms with Crippen molar-refractivity contribution in [2.45, 2.75) is 13.8 Å². The van der Waals surface area contributed by atoms with Crippen molar-refractivity contribution in [2.24, 2.45) is 5.92 Å². The predicted octanol–water partition coefficient (Wildman–Crippen LogP) is 5.28. The number of aromatic nitrogens is 1. The molecular formula is C27H25NO6. The van der Waals surface area contributed by atoms with E-state index < -0.39 is 17.9 Å².